The van der Waals surface area contributed by atoms with Gasteiger partial charge < -0.3 is 10.2 Å². The zero-order chi connectivity index (χ0) is 17.7. The maximum atomic E-state index is 12.2. The number of hydrazone groups is 1. The summed E-state index contributed by atoms with van der Waals surface area (Å²) in [4.78, 5) is 2.19. The lowest BCUT2D eigenvalue weighted by Crippen LogP contribution is -2.18. The average molecular weight is 348 g/mol. The van der Waals surface area contributed by atoms with Crippen LogP contribution in [-0.4, -0.2) is 24.8 Å². The number of nitrogens with zero attached hydrogens (tertiary/aromatic N) is 1. The average Bonchev–Trinajstić information content (AvgIpc) is 2.58. The molecule has 2 aromatic carbocycles. The van der Waals surface area contributed by atoms with E-state index < -0.39 is 10.0 Å². The van der Waals surface area contributed by atoms with Crippen molar-refractivity contribution in [1.82, 2.24) is 4.83 Å². The van der Waals surface area contributed by atoms with Crippen molar-refractivity contribution in [3.8, 4) is 11.5 Å². The highest BCUT2D eigenvalue weighted by Gasteiger charge is 2.13. The Morgan fingerprint density at radius 3 is 2.46 bits per heavy atom. The molecule has 1 atom stereocenters. The third kappa shape index (κ3) is 4.05. The van der Waals surface area contributed by atoms with E-state index in [-0.39, 0.29) is 22.0 Å². The molecule has 0 saturated heterocycles. The van der Waals surface area contributed by atoms with Crippen molar-refractivity contribution in [2.75, 3.05) is 0 Å². The molecule has 3 N–H and O–H groups in total. The number of benzene rings is 2. The molecule has 0 aromatic heterocycles. The standard InChI is InChI=1S/C17H20N2O4S/c1-3-12(2)13-7-9-15(10-8-13)24(22,23)19-18-11-14-5-4-6-16(20)17(14)21/h4-12,19-21H,3H2,1-2H3/b18-11-/t12-/m0/s1. The molecule has 2 rings (SSSR count). The quantitative estimate of drug-likeness (QED) is 0.424. The van der Waals surface area contributed by atoms with Crippen LogP contribution in [0.1, 0.15) is 37.3 Å². The Kier molecular flexibility index (Phi) is 5.46. The van der Waals surface area contributed by atoms with Crippen molar-refractivity contribution < 1.29 is 18.6 Å². The largest absolute Gasteiger partial charge is 0.504 e. The van der Waals surface area contributed by atoms with Crippen molar-refractivity contribution in [2.24, 2.45) is 5.10 Å². The number of sulfonamides is 1. The number of hydrogen-bond donors (Lipinski definition) is 3. The number of hydrogen-bond acceptors (Lipinski definition) is 5. The summed E-state index contributed by atoms with van der Waals surface area (Å²) >= 11 is 0. The van der Waals surface area contributed by atoms with Crippen molar-refractivity contribution in [2.45, 2.75) is 31.1 Å². The van der Waals surface area contributed by atoms with Crippen LogP contribution in [0.2, 0.25) is 0 Å². The Bertz CT molecular complexity index is 830. The number of para-hydroxylation sites is 1. The van der Waals surface area contributed by atoms with Crippen molar-refractivity contribution in [3.05, 3.63) is 53.6 Å². The summed E-state index contributed by atoms with van der Waals surface area (Å²) in [5, 5.41) is 22.6. The van der Waals surface area contributed by atoms with Gasteiger partial charge in [0.05, 0.1) is 11.1 Å². The Labute approximate surface area is 141 Å². The first kappa shape index (κ1) is 17.8. The SMILES string of the molecule is CC[C@H](C)c1ccc(S(=O)(=O)N/N=C\c2cccc(O)c2O)cc1. The fraction of sp³-hybridized carbons (Fsp3) is 0.235. The topological polar surface area (TPSA) is 99.0 Å². The maximum Gasteiger partial charge on any atom is 0.276 e. The molecule has 0 spiro atoms. The van der Waals surface area contributed by atoms with E-state index in [0.29, 0.717) is 5.92 Å². The second-order valence-corrected chi connectivity index (χ2v) is 7.11. The van der Waals surface area contributed by atoms with Gasteiger partial charge in [0.2, 0.25) is 0 Å². The summed E-state index contributed by atoms with van der Waals surface area (Å²) in [6.45, 7) is 4.15. The van der Waals surface area contributed by atoms with E-state index in [1.165, 1.54) is 30.3 Å². The van der Waals surface area contributed by atoms with Crippen LogP contribution < -0.4 is 4.83 Å². The molecular weight excluding hydrogens is 328 g/mol. The Balaban J connectivity index is 2.13. The first-order chi connectivity index (χ1) is 11.3. The van der Waals surface area contributed by atoms with Gasteiger partial charge in [0.15, 0.2) is 11.5 Å². The van der Waals surface area contributed by atoms with Gasteiger partial charge in [-0.1, -0.05) is 32.0 Å². The lowest BCUT2D eigenvalue weighted by Gasteiger charge is -2.10. The van der Waals surface area contributed by atoms with Crippen LogP contribution in [0.15, 0.2) is 52.5 Å². The van der Waals surface area contributed by atoms with Crippen LogP contribution in [0, 0.1) is 0 Å². The number of rotatable bonds is 6. The molecule has 2 aromatic rings. The summed E-state index contributed by atoms with van der Waals surface area (Å²) < 4.78 is 24.4. The third-order valence-corrected chi connectivity index (χ3v) is 5.03. The van der Waals surface area contributed by atoms with E-state index >= 15 is 0 Å². The lowest BCUT2D eigenvalue weighted by molar-refractivity contribution is 0.403. The van der Waals surface area contributed by atoms with E-state index in [1.807, 2.05) is 0 Å². The molecule has 0 aliphatic carbocycles. The number of phenols is 2. The molecule has 24 heavy (non-hydrogen) atoms. The van der Waals surface area contributed by atoms with Crippen LogP contribution in [0.3, 0.4) is 0 Å². The maximum absolute atomic E-state index is 12.2. The van der Waals surface area contributed by atoms with E-state index in [0.717, 1.165) is 18.2 Å². The predicted molar refractivity (Wildman–Crippen MR) is 92.8 cm³/mol. The van der Waals surface area contributed by atoms with E-state index in [1.54, 1.807) is 12.1 Å². The van der Waals surface area contributed by atoms with E-state index in [9.17, 15) is 18.6 Å². The van der Waals surface area contributed by atoms with Crippen molar-refractivity contribution >= 4 is 16.2 Å². The van der Waals surface area contributed by atoms with Gasteiger partial charge in [-0.05, 0) is 42.2 Å². The minimum Gasteiger partial charge on any atom is -0.504 e. The van der Waals surface area contributed by atoms with Gasteiger partial charge in [0.25, 0.3) is 10.0 Å². The lowest BCUT2D eigenvalue weighted by atomic mass is 9.99. The minimum atomic E-state index is -3.79. The zero-order valence-electron chi connectivity index (χ0n) is 13.5. The molecule has 0 aliphatic rings. The van der Waals surface area contributed by atoms with E-state index in [2.05, 4.69) is 23.8 Å². The second kappa shape index (κ2) is 7.35. The predicted octanol–water partition coefficient (Wildman–Crippen LogP) is 2.92. The van der Waals surface area contributed by atoms with Gasteiger partial charge >= 0.3 is 0 Å². The first-order valence-corrected chi connectivity index (χ1v) is 8.99. The Morgan fingerprint density at radius 2 is 1.83 bits per heavy atom. The van der Waals surface area contributed by atoms with Gasteiger partial charge in [-0.15, -0.1) is 0 Å². The summed E-state index contributed by atoms with van der Waals surface area (Å²) in [6, 6.07) is 11.0. The first-order valence-electron chi connectivity index (χ1n) is 7.51. The van der Waals surface area contributed by atoms with Gasteiger partial charge in [0.1, 0.15) is 0 Å². The van der Waals surface area contributed by atoms with Gasteiger partial charge in [-0.3, -0.25) is 0 Å². The van der Waals surface area contributed by atoms with Gasteiger partial charge in [-0.2, -0.15) is 13.5 Å². The fourth-order valence-electron chi connectivity index (χ4n) is 2.08. The molecule has 0 aliphatic heterocycles. The van der Waals surface area contributed by atoms with Gasteiger partial charge in [0, 0.05) is 5.56 Å². The van der Waals surface area contributed by atoms with Crippen molar-refractivity contribution in [3.63, 3.8) is 0 Å². The summed E-state index contributed by atoms with van der Waals surface area (Å²) in [5.74, 6) is -0.303. The monoisotopic (exact) mass is 348 g/mol. The molecule has 0 radical (unpaired) electrons. The molecule has 0 fully saturated rings. The molecule has 0 saturated carbocycles. The Hall–Kier alpha value is -2.54. The third-order valence-electron chi connectivity index (χ3n) is 3.79. The minimum absolute atomic E-state index is 0.104. The zero-order valence-corrected chi connectivity index (χ0v) is 14.3. The molecule has 128 valence electrons. The highest BCUT2D eigenvalue weighted by Crippen LogP contribution is 2.26. The van der Waals surface area contributed by atoms with Gasteiger partial charge in [-0.25, -0.2) is 4.83 Å². The fourth-order valence-corrected chi connectivity index (χ4v) is 2.87. The molecule has 0 unspecified atom stereocenters. The van der Waals surface area contributed by atoms with Crippen LogP contribution in [0.25, 0.3) is 0 Å². The normalized spacial score (nSPS) is 13.1. The van der Waals surface area contributed by atoms with Crippen LogP contribution in [-0.2, 0) is 10.0 Å². The molecule has 0 amide bonds. The highest BCUT2D eigenvalue weighted by molar-refractivity contribution is 7.89. The smallest absolute Gasteiger partial charge is 0.276 e. The number of aromatic hydroxyl groups is 2. The molecule has 0 heterocycles. The molecular formula is C17H20N2O4S. The van der Waals surface area contributed by atoms with Crippen molar-refractivity contribution in [1.29, 1.82) is 0 Å². The summed E-state index contributed by atoms with van der Waals surface area (Å²) in [5.41, 5.74) is 1.27. The molecule has 7 heteroatoms. The summed E-state index contributed by atoms with van der Waals surface area (Å²) in [6.07, 6.45) is 2.10. The second-order valence-electron chi connectivity index (χ2n) is 5.45. The summed E-state index contributed by atoms with van der Waals surface area (Å²) in [7, 11) is -3.79. The number of phenolic OH excluding ortho intramolecular Hbond substituents is 2. The number of nitrogens with one attached hydrogen (secondary N) is 1. The molecule has 0 bridgehead atoms. The van der Waals surface area contributed by atoms with Crippen LogP contribution >= 0.6 is 0 Å². The highest BCUT2D eigenvalue weighted by atomic mass is 32.2. The van der Waals surface area contributed by atoms with E-state index in [4.69, 9.17) is 0 Å². The molecule has 6 nitrogen and oxygen atoms in total. The van der Waals surface area contributed by atoms with Crippen LogP contribution in [0.4, 0.5) is 0 Å². The van der Waals surface area contributed by atoms with Crippen LogP contribution in [0.5, 0.6) is 11.5 Å². The Morgan fingerprint density at radius 1 is 1.17 bits per heavy atom.